The zero-order valence-corrected chi connectivity index (χ0v) is 18.7. The van der Waals surface area contributed by atoms with E-state index in [1.807, 2.05) is 56.3 Å². The van der Waals surface area contributed by atoms with Crippen LogP contribution in [-0.2, 0) is 4.79 Å². The number of nitrogens with one attached hydrogen (secondary N) is 1. The molecule has 1 N–H and O–H groups in total. The largest absolute Gasteiger partial charge is 0.332 e. The topological polar surface area (TPSA) is 62.3 Å². The second-order valence-corrected chi connectivity index (χ2v) is 8.04. The summed E-state index contributed by atoms with van der Waals surface area (Å²) in [5.41, 5.74) is 5.14. The Morgan fingerprint density at radius 2 is 1.70 bits per heavy atom. The molecule has 0 bridgehead atoms. The lowest BCUT2D eigenvalue weighted by Crippen LogP contribution is -2.35. The lowest BCUT2D eigenvalue weighted by Gasteiger charge is -2.19. The Bertz CT molecular complexity index is 1350. The first-order valence-corrected chi connectivity index (χ1v) is 10.6. The van der Waals surface area contributed by atoms with Crippen LogP contribution < -0.4 is 5.32 Å². The van der Waals surface area contributed by atoms with Crippen molar-refractivity contribution in [3.63, 3.8) is 0 Å². The van der Waals surface area contributed by atoms with Gasteiger partial charge >= 0.3 is 0 Å². The van der Waals surface area contributed by atoms with Crippen LogP contribution in [0.2, 0.25) is 0 Å². The SMILES string of the molecule is Cc1cccc(NC(=O)CN(C)C(=O)c2cc(-c3ccc(F)cc3)nc3ccccc23)c1C. The number of pyridine rings is 1. The number of hydrogen-bond donors (Lipinski definition) is 1. The molecule has 5 nitrogen and oxygen atoms in total. The Hall–Kier alpha value is -4.06. The predicted octanol–water partition coefficient (Wildman–Crippen LogP) is 5.37. The molecule has 33 heavy (non-hydrogen) atoms. The third kappa shape index (κ3) is 4.75. The second kappa shape index (κ2) is 9.20. The first-order valence-electron chi connectivity index (χ1n) is 10.6. The summed E-state index contributed by atoms with van der Waals surface area (Å²) in [6.07, 6.45) is 0. The molecule has 0 radical (unpaired) electrons. The van der Waals surface area contributed by atoms with Gasteiger partial charge in [-0.05, 0) is 67.4 Å². The number of fused-ring (bicyclic) bond motifs is 1. The molecule has 3 aromatic carbocycles. The van der Waals surface area contributed by atoms with Crippen LogP contribution in [-0.4, -0.2) is 35.3 Å². The normalized spacial score (nSPS) is 10.8. The summed E-state index contributed by atoms with van der Waals surface area (Å²) in [7, 11) is 1.60. The highest BCUT2D eigenvalue weighted by molar-refractivity contribution is 6.08. The second-order valence-electron chi connectivity index (χ2n) is 8.04. The Balaban J connectivity index is 1.62. The van der Waals surface area contributed by atoms with E-state index in [2.05, 4.69) is 10.3 Å². The van der Waals surface area contributed by atoms with Crippen molar-refractivity contribution in [1.29, 1.82) is 0 Å². The molecule has 6 heteroatoms. The molecule has 0 fully saturated rings. The molecule has 0 saturated carbocycles. The van der Waals surface area contributed by atoms with Gasteiger partial charge in [0.1, 0.15) is 5.82 Å². The maximum Gasteiger partial charge on any atom is 0.254 e. The molecule has 0 unspecified atom stereocenters. The lowest BCUT2D eigenvalue weighted by atomic mass is 10.0. The molecule has 0 atom stereocenters. The molecule has 0 spiro atoms. The van der Waals surface area contributed by atoms with Crippen LogP contribution in [0.15, 0.2) is 72.8 Å². The average Bonchev–Trinajstić information content (AvgIpc) is 2.81. The zero-order chi connectivity index (χ0) is 23.5. The van der Waals surface area contributed by atoms with Crippen molar-refractivity contribution in [2.45, 2.75) is 13.8 Å². The number of hydrogen-bond acceptors (Lipinski definition) is 3. The summed E-state index contributed by atoms with van der Waals surface area (Å²) in [5, 5.41) is 3.58. The summed E-state index contributed by atoms with van der Waals surface area (Å²) in [6.45, 7) is 3.82. The first-order chi connectivity index (χ1) is 15.8. The molecule has 1 heterocycles. The van der Waals surface area contributed by atoms with Gasteiger partial charge in [-0.15, -0.1) is 0 Å². The van der Waals surface area contributed by atoms with Crippen LogP contribution in [0.1, 0.15) is 21.5 Å². The number of carbonyl (C=O) groups excluding carboxylic acids is 2. The molecule has 0 aliphatic carbocycles. The number of aryl methyl sites for hydroxylation is 1. The minimum atomic E-state index is -0.342. The van der Waals surface area contributed by atoms with Crippen molar-refractivity contribution in [3.8, 4) is 11.3 Å². The Labute approximate surface area is 191 Å². The van der Waals surface area contributed by atoms with E-state index >= 15 is 0 Å². The standard InChI is InChI=1S/C27H24FN3O2/c1-17-7-6-10-23(18(17)2)30-26(32)16-31(3)27(33)22-15-25(19-11-13-20(28)14-12-19)29-24-9-5-4-8-21(22)24/h4-15H,16H2,1-3H3,(H,30,32). The van der Waals surface area contributed by atoms with Gasteiger partial charge in [0.2, 0.25) is 5.91 Å². The van der Waals surface area contributed by atoms with Gasteiger partial charge < -0.3 is 10.2 Å². The van der Waals surface area contributed by atoms with Gasteiger partial charge in [-0.2, -0.15) is 0 Å². The summed E-state index contributed by atoms with van der Waals surface area (Å²) in [6, 6.07) is 20.7. The summed E-state index contributed by atoms with van der Waals surface area (Å²) >= 11 is 0. The number of rotatable bonds is 5. The van der Waals surface area contributed by atoms with E-state index in [9.17, 15) is 14.0 Å². The number of amides is 2. The summed E-state index contributed by atoms with van der Waals surface area (Å²) in [5.74, 6) is -0.921. The minimum Gasteiger partial charge on any atom is -0.332 e. The molecular formula is C27H24FN3O2. The monoisotopic (exact) mass is 441 g/mol. The molecule has 4 rings (SSSR count). The van der Waals surface area contributed by atoms with Gasteiger partial charge in [0.25, 0.3) is 5.91 Å². The predicted molar refractivity (Wildman–Crippen MR) is 129 cm³/mol. The average molecular weight is 442 g/mol. The van der Waals surface area contributed by atoms with Crippen molar-refractivity contribution in [2.24, 2.45) is 0 Å². The Kier molecular flexibility index (Phi) is 6.18. The fourth-order valence-corrected chi connectivity index (χ4v) is 3.69. The number of likely N-dealkylation sites (N-methyl/N-ethyl adjacent to an activating group) is 1. The van der Waals surface area contributed by atoms with Gasteiger partial charge in [0.05, 0.1) is 23.3 Å². The number of benzene rings is 3. The van der Waals surface area contributed by atoms with Crippen LogP contribution in [0.25, 0.3) is 22.2 Å². The molecule has 2 amide bonds. The number of halogens is 1. The summed E-state index contributed by atoms with van der Waals surface area (Å²) in [4.78, 5) is 32.0. The molecule has 166 valence electrons. The number of carbonyl (C=O) groups is 2. The quantitative estimate of drug-likeness (QED) is 0.453. The Morgan fingerprint density at radius 1 is 0.970 bits per heavy atom. The van der Waals surface area contributed by atoms with Gasteiger partial charge in [0.15, 0.2) is 0 Å². The molecule has 1 aromatic heterocycles. The van der Waals surface area contributed by atoms with Crippen LogP contribution in [0.5, 0.6) is 0 Å². The van der Waals surface area contributed by atoms with Crippen molar-refractivity contribution in [2.75, 3.05) is 18.9 Å². The Morgan fingerprint density at radius 3 is 2.45 bits per heavy atom. The highest BCUT2D eigenvalue weighted by atomic mass is 19.1. The van der Waals surface area contributed by atoms with E-state index in [0.29, 0.717) is 27.7 Å². The van der Waals surface area contributed by atoms with Crippen LogP contribution in [0.3, 0.4) is 0 Å². The van der Waals surface area contributed by atoms with E-state index in [4.69, 9.17) is 0 Å². The fourth-order valence-electron chi connectivity index (χ4n) is 3.69. The number of nitrogens with zero attached hydrogens (tertiary/aromatic N) is 2. The zero-order valence-electron chi connectivity index (χ0n) is 18.7. The lowest BCUT2D eigenvalue weighted by molar-refractivity contribution is -0.116. The number of para-hydroxylation sites is 1. The minimum absolute atomic E-state index is 0.102. The van der Waals surface area contributed by atoms with E-state index in [0.717, 1.165) is 16.8 Å². The first kappa shape index (κ1) is 22.1. The van der Waals surface area contributed by atoms with Gasteiger partial charge in [-0.3, -0.25) is 9.59 Å². The molecule has 0 saturated heterocycles. The van der Waals surface area contributed by atoms with Crippen molar-refractivity contribution in [3.05, 3.63) is 95.3 Å². The van der Waals surface area contributed by atoms with Crippen LogP contribution >= 0.6 is 0 Å². The van der Waals surface area contributed by atoms with E-state index < -0.39 is 0 Å². The fraction of sp³-hybridized carbons (Fsp3) is 0.148. The van der Waals surface area contributed by atoms with Crippen molar-refractivity contribution >= 4 is 28.4 Å². The highest BCUT2D eigenvalue weighted by Crippen LogP contribution is 2.26. The third-order valence-electron chi connectivity index (χ3n) is 5.69. The smallest absolute Gasteiger partial charge is 0.254 e. The van der Waals surface area contributed by atoms with Crippen LogP contribution in [0.4, 0.5) is 10.1 Å². The van der Waals surface area contributed by atoms with Gasteiger partial charge in [-0.1, -0.05) is 30.3 Å². The van der Waals surface area contributed by atoms with E-state index in [1.165, 1.54) is 17.0 Å². The molecule has 4 aromatic rings. The molecule has 0 aliphatic rings. The number of anilines is 1. The van der Waals surface area contributed by atoms with E-state index in [1.54, 1.807) is 25.2 Å². The number of aromatic nitrogens is 1. The molecular weight excluding hydrogens is 417 g/mol. The van der Waals surface area contributed by atoms with Gasteiger partial charge in [-0.25, -0.2) is 9.37 Å². The van der Waals surface area contributed by atoms with Crippen LogP contribution in [0, 0.1) is 19.7 Å². The third-order valence-corrected chi connectivity index (χ3v) is 5.69. The van der Waals surface area contributed by atoms with Gasteiger partial charge in [0, 0.05) is 23.7 Å². The maximum atomic E-state index is 13.4. The highest BCUT2D eigenvalue weighted by Gasteiger charge is 2.20. The molecule has 0 aliphatic heterocycles. The maximum absolute atomic E-state index is 13.4. The summed E-state index contributed by atoms with van der Waals surface area (Å²) < 4.78 is 13.4. The van der Waals surface area contributed by atoms with E-state index in [-0.39, 0.29) is 24.2 Å². The van der Waals surface area contributed by atoms with Crippen molar-refractivity contribution < 1.29 is 14.0 Å². The van der Waals surface area contributed by atoms with Crippen molar-refractivity contribution in [1.82, 2.24) is 9.88 Å².